The quantitative estimate of drug-likeness (QED) is 0.476. The molecule has 0 spiro atoms. The van der Waals surface area contributed by atoms with Crippen molar-refractivity contribution in [1.29, 1.82) is 0 Å². The van der Waals surface area contributed by atoms with Gasteiger partial charge in [-0.25, -0.2) is 4.21 Å². The van der Waals surface area contributed by atoms with Crippen molar-refractivity contribution < 1.29 is 23.3 Å². The maximum absolute atomic E-state index is 10.6. The molecule has 92 valence electrons. The van der Waals surface area contributed by atoms with Crippen LogP contribution in [-0.2, 0) is 11.1 Å². The molecular weight excluding hydrogens is 256 g/mol. The number of benzene rings is 1. The normalized spacial score (nSPS) is 11.8. The average molecular weight is 262 g/mol. The molecule has 1 N–H and O–H groups in total. The van der Waals surface area contributed by atoms with E-state index in [9.17, 15) is 24.4 Å². The molecule has 9 nitrogen and oxygen atoms in total. The van der Waals surface area contributed by atoms with Crippen LogP contribution in [0.15, 0.2) is 18.2 Å². The van der Waals surface area contributed by atoms with Gasteiger partial charge in [0.05, 0.1) is 15.9 Å². The number of hydrogen-bond donors (Lipinski definition) is 1. The monoisotopic (exact) mass is 262 g/mol. The number of ether oxygens (including phenoxy) is 1. The fourth-order valence-electron chi connectivity index (χ4n) is 0.998. The van der Waals surface area contributed by atoms with Gasteiger partial charge in [0.1, 0.15) is 0 Å². The maximum atomic E-state index is 10.6. The van der Waals surface area contributed by atoms with Crippen LogP contribution in [0, 0.1) is 20.2 Å². The van der Waals surface area contributed by atoms with Crippen LogP contribution < -0.4 is 4.74 Å². The molecule has 0 aliphatic carbocycles. The third-order valence-electron chi connectivity index (χ3n) is 1.67. The van der Waals surface area contributed by atoms with Crippen molar-refractivity contribution in [2.45, 2.75) is 0 Å². The lowest BCUT2D eigenvalue weighted by atomic mass is 10.2. The standard InChI is InChI=1S/C7H6N2O7S/c10-8(11)5-1-2-7(16-4-17(14)15)6(3-5)9(12)13/h1-3H,4H2,(H,14,15). The second-order valence-corrected chi connectivity index (χ2v) is 3.63. The summed E-state index contributed by atoms with van der Waals surface area (Å²) in [5.41, 5.74) is -1.10. The van der Waals surface area contributed by atoms with Gasteiger partial charge in [-0.2, -0.15) is 0 Å². The van der Waals surface area contributed by atoms with Crippen molar-refractivity contribution in [2.24, 2.45) is 0 Å². The fourth-order valence-corrected chi connectivity index (χ4v) is 1.23. The van der Waals surface area contributed by atoms with Gasteiger partial charge >= 0.3 is 5.69 Å². The molecule has 0 saturated heterocycles. The summed E-state index contributed by atoms with van der Waals surface area (Å²) in [6, 6.07) is 2.72. The first-order chi connectivity index (χ1) is 7.91. The van der Waals surface area contributed by atoms with E-state index >= 15 is 0 Å². The molecule has 0 aliphatic rings. The smallest absolute Gasteiger partial charge is 0.317 e. The maximum Gasteiger partial charge on any atom is 0.317 e. The third kappa shape index (κ3) is 3.46. The molecule has 0 aliphatic heterocycles. The van der Waals surface area contributed by atoms with Gasteiger partial charge in [-0.3, -0.25) is 20.2 Å². The molecule has 17 heavy (non-hydrogen) atoms. The van der Waals surface area contributed by atoms with Crippen molar-refractivity contribution in [3.63, 3.8) is 0 Å². The summed E-state index contributed by atoms with van der Waals surface area (Å²) in [6.45, 7) is 0. The molecular formula is C7H6N2O7S. The highest BCUT2D eigenvalue weighted by atomic mass is 32.2. The van der Waals surface area contributed by atoms with Gasteiger partial charge in [-0.1, -0.05) is 0 Å². The van der Waals surface area contributed by atoms with E-state index in [2.05, 4.69) is 4.74 Å². The van der Waals surface area contributed by atoms with Crippen LogP contribution in [-0.4, -0.2) is 24.5 Å². The second kappa shape index (κ2) is 5.32. The number of nitrogens with zero attached hydrogens (tertiary/aromatic N) is 2. The number of rotatable bonds is 5. The van der Waals surface area contributed by atoms with Gasteiger partial charge in [0.25, 0.3) is 5.69 Å². The topological polar surface area (TPSA) is 133 Å². The molecule has 0 fully saturated rings. The first-order valence-corrected chi connectivity index (χ1v) is 5.32. The van der Waals surface area contributed by atoms with E-state index in [1.807, 2.05) is 0 Å². The summed E-state index contributed by atoms with van der Waals surface area (Å²) in [7, 11) is 0. The lowest BCUT2D eigenvalue weighted by Gasteiger charge is -2.03. The highest BCUT2D eigenvalue weighted by Crippen LogP contribution is 2.30. The first kappa shape index (κ1) is 13.0. The molecule has 0 aromatic heterocycles. The van der Waals surface area contributed by atoms with E-state index in [1.165, 1.54) is 0 Å². The van der Waals surface area contributed by atoms with Gasteiger partial charge in [0, 0.05) is 6.07 Å². The molecule has 0 saturated carbocycles. The summed E-state index contributed by atoms with van der Waals surface area (Å²) in [4.78, 5) is 19.3. The predicted molar refractivity (Wildman–Crippen MR) is 56.0 cm³/mol. The number of non-ortho nitro benzene ring substituents is 1. The molecule has 1 rings (SSSR count). The van der Waals surface area contributed by atoms with Crippen molar-refractivity contribution in [3.05, 3.63) is 38.4 Å². The van der Waals surface area contributed by atoms with Crippen LogP contribution in [0.25, 0.3) is 0 Å². The van der Waals surface area contributed by atoms with Gasteiger partial charge in [0.2, 0.25) is 0 Å². The van der Waals surface area contributed by atoms with Crippen LogP contribution in [0.5, 0.6) is 5.75 Å². The fraction of sp³-hybridized carbons (Fsp3) is 0.143. The van der Waals surface area contributed by atoms with Crippen LogP contribution in [0.1, 0.15) is 0 Å². The van der Waals surface area contributed by atoms with Crippen LogP contribution in [0.4, 0.5) is 11.4 Å². The SMILES string of the molecule is O=[N+]([O-])c1ccc(OCS(=O)O)c([N+](=O)[O-])c1. The van der Waals surface area contributed by atoms with Crippen LogP contribution in [0.2, 0.25) is 0 Å². The van der Waals surface area contributed by atoms with Crippen LogP contribution >= 0.6 is 0 Å². The lowest BCUT2D eigenvalue weighted by molar-refractivity contribution is -0.394. The third-order valence-corrected chi connectivity index (χ3v) is 1.98. The van der Waals surface area contributed by atoms with E-state index in [-0.39, 0.29) is 5.75 Å². The molecule has 0 radical (unpaired) electrons. The van der Waals surface area contributed by atoms with Crippen molar-refractivity contribution >= 4 is 22.5 Å². The van der Waals surface area contributed by atoms with Crippen molar-refractivity contribution in [1.82, 2.24) is 0 Å². The summed E-state index contributed by atoms with van der Waals surface area (Å²) in [5, 5.41) is 21.0. The van der Waals surface area contributed by atoms with E-state index < -0.39 is 38.2 Å². The van der Waals surface area contributed by atoms with E-state index in [1.54, 1.807) is 0 Å². The number of nitro groups is 2. The Bertz CT molecular complexity index is 489. The molecule has 1 aromatic carbocycles. The summed E-state index contributed by atoms with van der Waals surface area (Å²) in [5.74, 6) is -0.957. The van der Waals surface area contributed by atoms with E-state index in [0.29, 0.717) is 0 Å². The minimum absolute atomic E-state index is 0.303. The molecule has 0 bridgehead atoms. The summed E-state index contributed by atoms with van der Waals surface area (Å²) >= 11 is -2.28. The molecule has 1 unspecified atom stereocenters. The Morgan fingerprint density at radius 3 is 2.41 bits per heavy atom. The Morgan fingerprint density at radius 2 is 1.94 bits per heavy atom. The minimum Gasteiger partial charge on any atom is -0.471 e. The zero-order chi connectivity index (χ0) is 13.0. The Balaban J connectivity index is 3.08. The highest BCUT2D eigenvalue weighted by Gasteiger charge is 2.20. The second-order valence-electron chi connectivity index (χ2n) is 2.75. The first-order valence-electron chi connectivity index (χ1n) is 4.05. The highest BCUT2D eigenvalue weighted by molar-refractivity contribution is 7.79. The minimum atomic E-state index is -2.28. The zero-order valence-corrected chi connectivity index (χ0v) is 8.96. The summed E-state index contributed by atoms with van der Waals surface area (Å²) in [6.07, 6.45) is 0. The largest absolute Gasteiger partial charge is 0.471 e. The Morgan fingerprint density at radius 1 is 1.29 bits per heavy atom. The van der Waals surface area contributed by atoms with Gasteiger partial charge in [0.15, 0.2) is 22.8 Å². The molecule has 1 aromatic rings. The summed E-state index contributed by atoms with van der Waals surface area (Å²) < 4.78 is 23.5. The van der Waals surface area contributed by atoms with E-state index in [0.717, 1.165) is 18.2 Å². The molecule has 10 heteroatoms. The zero-order valence-electron chi connectivity index (χ0n) is 8.14. The molecule has 0 amide bonds. The van der Waals surface area contributed by atoms with E-state index in [4.69, 9.17) is 4.55 Å². The number of hydrogen-bond acceptors (Lipinski definition) is 6. The van der Waals surface area contributed by atoms with Crippen molar-refractivity contribution in [2.75, 3.05) is 5.94 Å². The van der Waals surface area contributed by atoms with Crippen LogP contribution in [0.3, 0.4) is 0 Å². The van der Waals surface area contributed by atoms with Gasteiger partial charge in [-0.15, -0.1) is 0 Å². The lowest BCUT2D eigenvalue weighted by Crippen LogP contribution is -2.05. The Labute approximate surface area is 96.6 Å². The average Bonchev–Trinajstić information content (AvgIpc) is 2.25. The number of nitro benzene ring substituents is 2. The predicted octanol–water partition coefficient (Wildman–Crippen LogP) is 1.06. The van der Waals surface area contributed by atoms with Crippen molar-refractivity contribution in [3.8, 4) is 5.75 Å². The Hall–Kier alpha value is -2.07. The molecule has 0 heterocycles. The van der Waals surface area contributed by atoms with Gasteiger partial charge < -0.3 is 9.29 Å². The Kier molecular flexibility index (Phi) is 4.06. The van der Waals surface area contributed by atoms with Gasteiger partial charge in [-0.05, 0) is 6.07 Å². The molecule has 1 atom stereocenters.